The summed E-state index contributed by atoms with van der Waals surface area (Å²) in [5.74, 6) is 0. The SMILES string of the molecule is CO[Si](CCCN(CCC[Si](OC)(OC)OC)S(=O)(=O)[N-]S(=O)(=O)C(F)(F)F)(OC)OC.[H-].[Li+]. The molecule has 0 aliphatic carbocycles. The minimum Gasteiger partial charge on any atom is -1.00 e. The van der Waals surface area contributed by atoms with Gasteiger partial charge < -0.3 is 32.1 Å². The Kier molecular flexibility index (Phi) is 16.0. The normalized spacial score (nSPS) is 13.9. The average Bonchev–Trinajstić information content (AvgIpc) is 2.72. The first-order valence-electron chi connectivity index (χ1n) is 9.00. The van der Waals surface area contributed by atoms with Gasteiger partial charge in [-0.2, -0.15) is 13.2 Å². The van der Waals surface area contributed by atoms with E-state index in [0.717, 1.165) is 0 Å². The molecule has 0 bridgehead atoms. The third kappa shape index (κ3) is 10.5. The van der Waals surface area contributed by atoms with Crippen LogP contribution in [0.1, 0.15) is 14.3 Å². The van der Waals surface area contributed by atoms with Crippen LogP contribution in [0.4, 0.5) is 13.2 Å². The second kappa shape index (κ2) is 14.8. The third-order valence-electron chi connectivity index (χ3n) is 4.46. The number of nitrogens with zero attached hydrogens (tertiary/aromatic N) is 2. The average molecular weight is 560 g/mol. The first-order chi connectivity index (χ1) is 14.6. The summed E-state index contributed by atoms with van der Waals surface area (Å²) < 4.78 is 119. The number of halogens is 3. The zero-order valence-corrected chi connectivity index (χ0v) is 23.3. The molecule has 0 amide bonds. The molecule has 196 valence electrons. The van der Waals surface area contributed by atoms with Crippen molar-refractivity contribution in [2.45, 2.75) is 30.4 Å². The van der Waals surface area contributed by atoms with E-state index in [4.69, 9.17) is 26.6 Å². The first-order valence-corrected chi connectivity index (χ1v) is 15.7. The van der Waals surface area contributed by atoms with Crippen molar-refractivity contribution in [3.8, 4) is 0 Å². The summed E-state index contributed by atoms with van der Waals surface area (Å²) >= 11 is 0. The Morgan fingerprint density at radius 3 is 1.30 bits per heavy atom. The maximum atomic E-state index is 12.7. The molecule has 0 radical (unpaired) electrons. The molecule has 0 aromatic rings. The minimum absolute atomic E-state index is 0. The van der Waals surface area contributed by atoms with Gasteiger partial charge in [0.1, 0.15) is 10.2 Å². The number of alkyl halides is 3. The summed E-state index contributed by atoms with van der Waals surface area (Å²) in [5, 5.41) is 0. The Morgan fingerprint density at radius 1 is 0.758 bits per heavy atom. The van der Waals surface area contributed by atoms with Crippen molar-refractivity contribution in [1.82, 2.24) is 4.31 Å². The van der Waals surface area contributed by atoms with E-state index in [-0.39, 0.29) is 58.3 Å². The predicted octanol–water partition coefficient (Wildman–Crippen LogP) is -1.59. The molecule has 0 aliphatic heterocycles. The monoisotopic (exact) mass is 559 g/mol. The van der Waals surface area contributed by atoms with Gasteiger partial charge >= 0.3 is 42.0 Å². The van der Waals surface area contributed by atoms with Crippen molar-refractivity contribution in [2.75, 3.05) is 55.7 Å². The first kappa shape index (κ1) is 35.6. The fraction of sp³-hybridized carbons (Fsp3) is 1.00. The van der Waals surface area contributed by atoms with Gasteiger partial charge in [-0.15, -0.1) is 0 Å². The van der Waals surface area contributed by atoms with Gasteiger partial charge in [-0.25, -0.2) is 21.1 Å². The number of sulfonamides is 1. The standard InChI is InChI=1S/C13H30F3N2O10S2Si2.Li.H/c1-23-31(24-2,25-3)11-7-9-18(10-8-12-32(26-4,27-5)28-6)30(21,22)17-29(19,20)13(14,15)16;;/h7-12H2,1-6H3;;/q-1;+1;-1. The predicted molar refractivity (Wildman–Crippen MR) is 112 cm³/mol. The molecular weight excluding hydrogens is 528 g/mol. The van der Waals surface area contributed by atoms with Gasteiger partial charge in [-0.05, 0) is 12.8 Å². The Balaban J connectivity index is -0.00000480. The second-order valence-electron chi connectivity index (χ2n) is 6.17. The molecule has 0 saturated carbocycles. The van der Waals surface area contributed by atoms with Crippen LogP contribution in [0, 0.1) is 0 Å². The minimum atomic E-state index is -6.27. The van der Waals surface area contributed by atoms with E-state index in [1.807, 2.05) is 0 Å². The van der Waals surface area contributed by atoms with Crippen LogP contribution in [0.15, 0.2) is 0 Å². The molecule has 0 N–H and O–H groups in total. The van der Waals surface area contributed by atoms with Crippen LogP contribution in [-0.2, 0) is 46.8 Å². The van der Waals surface area contributed by atoms with Gasteiger partial charge in [0, 0.05) is 67.8 Å². The van der Waals surface area contributed by atoms with Crippen LogP contribution in [0.5, 0.6) is 0 Å². The quantitative estimate of drug-likeness (QED) is 0.192. The molecule has 0 aromatic heterocycles. The van der Waals surface area contributed by atoms with E-state index >= 15 is 0 Å². The number of hydrogen-bond acceptors (Lipinski definition) is 10. The van der Waals surface area contributed by atoms with Gasteiger partial charge in [-0.3, -0.25) is 0 Å². The van der Waals surface area contributed by atoms with Crippen molar-refractivity contribution in [3.63, 3.8) is 0 Å². The number of hydrogen-bond donors (Lipinski definition) is 0. The van der Waals surface area contributed by atoms with E-state index < -0.39 is 43.3 Å². The molecule has 0 fully saturated rings. The summed E-state index contributed by atoms with van der Waals surface area (Å²) in [6.07, 6.45) is 0.0634. The summed E-state index contributed by atoms with van der Waals surface area (Å²) in [5.41, 5.74) is -5.86. The van der Waals surface area contributed by atoms with E-state index in [9.17, 15) is 30.0 Å². The van der Waals surface area contributed by atoms with E-state index in [1.54, 1.807) is 0 Å². The Morgan fingerprint density at radius 2 is 1.06 bits per heavy atom. The molecular formula is C13H31F3LiN2O10S2Si2-. The zero-order chi connectivity index (χ0) is 25.3. The fourth-order valence-corrected chi connectivity index (χ4v) is 8.45. The summed E-state index contributed by atoms with van der Waals surface area (Å²) in [7, 11) is -9.66. The Bertz CT molecular complexity index is 733. The van der Waals surface area contributed by atoms with Gasteiger partial charge in [-0.1, -0.05) is 0 Å². The molecule has 12 nitrogen and oxygen atoms in total. The van der Waals surface area contributed by atoms with E-state index in [1.165, 1.54) is 42.7 Å². The van der Waals surface area contributed by atoms with Crippen molar-refractivity contribution < 1.29 is 76.9 Å². The van der Waals surface area contributed by atoms with Crippen molar-refractivity contribution in [3.05, 3.63) is 4.13 Å². The molecule has 0 aromatic carbocycles. The Hall–Kier alpha value is 0.401. The van der Waals surface area contributed by atoms with E-state index in [2.05, 4.69) is 4.13 Å². The molecule has 0 rings (SSSR count). The fourth-order valence-electron chi connectivity index (χ4n) is 2.61. The summed E-state index contributed by atoms with van der Waals surface area (Å²) in [6, 6.07) is 0.225. The van der Waals surface area contributed by atoms with Crippen molar-refractivity contribution in [1.29, 1.82) is 0 Å². The van der Waals surface area contributed by atoms with Gasteiger partial charge in [0.2, 0.25) is 0 Å². The molecule has 33 heavy (non-hydrogen) atoms. The van der Waals surface area contributed by atoms with Crippen LogP contribution in [-0.4, -0.2) is 100 Å². The molecule has 20 heteroatoms. The smallest absolute Gasteiger partial charge is 1.00 e. The molecule has 0 saturated heterocycles. The molecule has 0 unspecified atom stereocenters. The number of rotatable bonds is 17. The maximum Gasteiger partial charge on any atom is 1.00 e. The van der Waals surface area contributed by atoms with Crippen LogP contribution in [0.2, 0.25) is 12.1 Å². The van der Waals surface area contributed by atoms with Crippen LogP contribution in [0.3, 0.4) is 0 Å². The largest absolute Gasteiger partial charge is 1.00 e. The summed E-state index contributed by atoms with van der Waals surface area (Å²) in [6.45, 7) is -0.739. The third-order valence-corrected chi connectivity index (χ3v) is 13.3. The van der Waals surface area contributed by atoms with Gasteiger partial charge in [0.25, 0.3) is 0 Å². The van der Waals surface area contributed by atoms with Crippen LogP contribution >= 0.6 is 0 Å². The molecule has 0 heterocycles. The van der Waals surface area contributed by atoms with Crippen LogP contribution in [0.25, 0.3) is 4.13 Å². The molecule has 0 atom stereocenters. The maximum absolute atomic E-state index is 12.7. The topological polar surface area (TPSA) is 141 Å². The van der Waals surface area contributed by atoms with E-state index in [0.29, 0.717) is 4.31 Å². The van der Waals surface area contributed by atoms with Crippen LogP contribution < -0.4 is 18.9 Å². The Labute approximate surface area is 209 Å². The van der Waals surface area contributed by atoms with Gasteiger partial charge in [0.15, 0.2) is 10.0 Å². The van der Waals surface area contributed by atoms with Gasteiger partial charge in [0.05, 0.1) is 0 Å². The summed E-state index contributed by atoms with van der Waals surface area (Å²) in [4.78, 5) is 0. The van der Waals surface area contributed by atoms with Crippen molar-refractivity contribution >= 4 is 37.8 Å². The molecule has 0 spiro atoms. The van der Waals surface area contributed by atoms with Crippen molar-refractivity contribution in [2.24, 2.45) is 0 Å². The zero-order valence-electron chi connectivity index (χ0n) is 20.7. The second-order valence-corrected chi connectivity index (χ2v) is 15.8. The molecule has 0 aliphatic rings.